The molecule has 1 aliphatic rings. The molecule has 0 aromatic heterocycles. The van der Waals surface area contributed by atoms with Crippen LogP contribution >= 0.6 is 0 Å². The van der Waals surface area contributed by atoms with Crippen molar-refractivity contribution in [1.82, 2.24) is 0 Å². The van der Waals surface area contributed by atoms with Gasteiger partial charge in [0.15, 0.2) is 0 Å². The van der Waals surface area contributed by atoms with Crippen LogP contribution in [0, 0.1) is 0 Å². The second kappa shape index (κ2) is 18.7. The van der Waals surface area contributed by atoms with Crippen LogP contribution in [0.2, 0.25) is 0 Å². The Hall–Kier alpha value is -1.60. The SMILES string of the molecule is CC(C)=CCC/C(C)=C/CC/C(C)=C/CC/C=C(\C)CC/C=C(\C)CCC=C(C)COC1CC1. The van der Waals surface area contributed by atoms with Gasteiger partial charge in [0.2, 0.25) is 0 Å². The Bertz CT molecular complexity index is 745. The van der Waals surface area contributed by atoms with Crippen LogP contribution < -0.4 is 0 Å². The van der Waals surface area contributed by atoms with Crippen molar-refractivity contribution in [2.45, 2.75) is 132 Å². The summed E-state index contributed by atoms with van der Waals surface area (Å²) in [7, 11) is 0. The smallest absolute Gasteiger partial charge is 0.0677 e. The van der Waals surface area contributed by atoms with Gasteiger partial charge in [0, 0.05) is 0 Å². The Morgan fingerprint density at radius 2 is 0.853 bits per heavy atom. The van der Waals surface area contributed by atoms with Crippen LogP contribution in [0.25, 0.3) is 0 Å². The Morgan fingerprint density at radius 3 is 1.24 bits per heavy atom. The zero-order valence-electron chi connectivity index (χ0n) is 23.6. The molecule has 1 heteroatoms. The molecular weight excluding hydrogens is 412 g/mol. The maximum Gasteiger partial charge on any atom is 0.0677 e. The molecule has 0 aromatic carbocycles. The minimum atomic E-state index is 0.556. The second-order valence-corrected chi connectivity index (χ2v) is 10.8. The Morgan fingerprint density at radius 1 is 0.500 bits per heavy atom. The maximum absolute atomic E-state index is 5.76. The molecule has 0 radical (unpaired) electrons. The average Bonchev–Trinajstić information content (AvgIpc) is 3.59. The van der Waals surface area contributed by atoms with Crippen LogP contribution in [0.4, 0.5) is 0 Å². The number of allylic oxidation sites excluding steroid dienone is 11. The van der Waals surface area contributed by atoms with E-state index in [0.29, 0.717) is 6.10 Å². The van der Waals surface area contributed by atoms with Crippen LogP contribution in [0.3, 0.4) is 0 Å². The molecule has 0 heterocycles. The van der Waals surface area contributed by atoms with Gasteiger partial charge in [-0.05, 0) is 126 Å². The Kier molecular flexibility index (Phi) is 16.7. The molecule has 0 unspecified atom stereocenters. The highest BCUT2D eigenvalue weighted by Crippen LogP contribution is 2.24. The third kappa shape index (κ3) is 18.8. The first-order chi connectivity index (χ1) is 16.3. The van der Waals surface area contributed by atoms with Gasteiger partial charge in [-0.25, -0.2) is 0 Å². The fraction of sp³-hybridized carbons (Fsp3) is 0.636. The van der Waals surface area contributed by atoms with E-state index in [0.717, 1.165) is 38.7 Å². The fourth-order valence-electron chi connectivity index (χ4n) is 3.84. The van der Waals surface area contributed by atoms with Gasteiger partial charge in [-0.1, -0.05) is 69.9 Å². The van der Waals surface area contributed by atoms with E-state index in [1.807, 2.05) is 0 Å². The molecule has 1 saturated carbocycles. The van der Waals surface area contributed by atoms with E-state index in [1.165, 1.54) is 78.4 Å². The third-order valence-electron chi connectivity index (χ3n) is 6.41. The van der Waals surface area contributed by atoms with Crippen LogP contribution in [-0.4, -0.2) is 12.7 Å². The summed E-state index contributed by atoms with van der Waals surface area (Å²) in [5.74, 6) is 0. The summed E-state index contributed by atoms with van der Waals surface area (Å²) in [6.45, 7) is 16.5. The van der Waals surface area contributed by atoms with Gasteiger partial charge >= 0.3 is 0 Å². The summed E-state index contributed by atoms with van der Waals surface area (Å²) in [5.41, 5.74) is 8.90. The highest BCUT2D eigenvalue weighted by Gasteiger charge is 2.21. The monoisotopic (exact) mass is 466 g/mol. The standard InChI is InChI=1S/C33H54O/c1-27(2)14-10-17-30(5)20-11-18-28(3)15-8-9-16-29(4)19-12-21-31(6)22-13-23-32(7)26-34-33-24-25-33/h14-16,20-21,23,33H,8-13,17-19,22,24-26H2,1-7H3/b28-15+,29-16+,30-20+,31-21+,32-23?. The van der Waals surface area contributed by atoms with E-state index in [2.05, 4.69) is 84.9 Å². The number of rotatable bonds is 18. The van der Waals surface area contributed by atoms with E-state index < -0.39 is 0 Å². The molecule has 0 amide bonds. The number of ether oxygens (including phenoxy) is 1. The van der Waals surface area contributed by atoms with Crippen molar-refractivity contribution in [1.29, 1.82) is 0 Å². The van der Waals surface area contributed by atoms with Gasteiger partial charge in [-0.3, -0.25) is 0 Å². The average molecular weight is 467 g/mol. The van der Waals surface area contributed by atoms with Crippen molar-refractivity contribution in [3.05, 3.63) is 69.9 Å². The molecule has 1 rings (SSSR count). The number of hydrogen-bond donors (Lipinski definition) is 0. The van der Waals surface area contributed by atoms with Gasteiger partial charge in [0.1, 0.15) is 0 Å². The number of unbranched alkanes of at least 4 members (excludes halogenated alkanes) is 1. The molecule has 192 valence electrons. The zero-order valence-corrected chi connectivity index (χ0v) is 23.6. The van der Waals surface area contributed by atoms with Gasteiger partial charge < -0.3 is 4.74 Å². The molecule has 0 aliphatic heterocycles. The molecule has 1 fully saturated rings. The van der Waals surface area contributed by atoms with Crippen molar-refractivity contribution >= 4 is 0 Å². The van der Waals surface area contributed by atoms with E-state index >= 15 is 0 Å². The van der Waals surface area contributed by atoms with Crippen molar-refractivity contribution in [2.75, 3.05) is 6.61 Å². The molecule has 1 nitrogen and oxygen atoms in total. The first-order valence-electron chi connectivity index (χ1n) is 13.8. The summed E-state index contributed by atoms with van der Waals surface area (Å²) in [6, 6.07) is 0. The summed E-state index contributed by atoms with van der Waals surface area (Å²) < 4.78 is 5.76. The van der Waals surface area contributed by atoms with E-state index in [1.54, 1.807) is 0 Å². The lowest BCUT2D eigenvalue weighted by atomic mass is 10.0. The van der Waals surface area contributed by atoms with Crippen molar-refractivity contribution in [3.8, 4) is 0 Å². The van der Waals surface area contributed by atoms with Crippen LogP contribution in [0.5, 0.6) is 0 Å². The lowest BCUT2D eigenvalue weighted by Gasteiger charge is -2.04. The van der Waals surface area contributed by atoms with E-state index in [9.17, 15) is 0 Å². The Labute approximate surface area is 212 Å². The lowest BCUT2D eigenvalue weighted by Crippen LogP contribution is -1.97. The van der Waals surface area contributed by atoms with Crippen molar-refractivity contribution < 1.29 is 4.74 Å². The molecular formula is C33H54O. The molecule has 0 aromatic rings. The quantitative estimate of drug-likeness (QED) is 0.144. The summed E-state index contributed by atoms with van der Waals surface area (Å²) >= 11 is 0. The van der Waals surface area contributed by atoms with Crippen molar-refractivity contribution in [2.24, 2.45) is 0 Å². The molecule has 0 atom stereocenters. The van der Waals surface area contributed by atoms with Gasteiger partial charge in [0.25, 0.3) is 0 Å². The normalized spacial score (nSPS) is 16.3. The van der Waals surface area contributed by atoms with E-state index in [-0.39, 0.29) is 0 Å². The second-order valence-electron chi connectivity index (χ2n) is 10.8. The largest absolute Gasteiger partial charge is 0.374 e. The van der Waals surface area contributed by atoms with Gasteiger partial charge in [0.05, 0.1) is 12.7 Å². The molecule has 0 N–H and O–H groups in total. The number of hydrogen-bond acceptors (Lipinski definition) is 1. The highest BCUT2D eigenvalue weighted by atomic mass is 16.5. The predicted octanol–water partition coefficient (Wildman–Crippen LogP) is 10.8. The minimum absolute atomic E-state index is 0.556. The topological polar surface area (TPSA) is 9.23 Å². The molecule has 1 aliphatic carbocycles. The maximum atomic E-state index is 5.76. The predicted molar refractivity (Wildman–Crippen MR) is 153 cm³/mol. The van der Waals surface area contributed by atoms with Crippen LogP contribution in [0.1, 0.15) is 126 Å². The molecule has 34 heavy (non-hydrogen) atoms. The fourth-order valence-corrected chi connectivity index (χ4v) is 3.84. The summed E-state index contributed by atoms with van der Waals surface area (Å²) in [5, 5.41) is 0. The van der Waals surface area contributed by atoms with Gasteiger partial charge in [-0.15, -0.1) is 0 Å². The van der Waals surface area contributed by atoms with E-state index in [4.69, 9.17) is 4.74 Å². The van der Waals surface area contributed by atoms with Crippen LogP contribution in [0.15, 0.2) is 69.9 Å². The highest BCUT2D eigenvalue weighted by molar-refractivity contribution is 5.08. The molecule has 0 spiro atoms. The summed E-state index contributed by atoms with van der Waals surface area (Å²) in [4.78, 5) is 0. The third-order valence-corrected chi connectivity index (χ3v) is 6.41. The Balaban J connectivity index is 2.15. The van der Waals surface area contributed by atoms with Crippen molar-refractivity contribution in [3.63, 3.8) is 0 Å². The zero-order chi connectivity index (χ0) is 25.2. The molecule has 0 bridgehead atoms. The first-order valence-corrected chi connectivity index (χ1v) is 13.8. The van der Waals surface area contributed by atoms with Crippen LogP contribution in [-0.2, 0) is 4.74 Å². The first kappa shape index (κ1) is 30.4. The minimum Gasteiger partial charge on any atom is -0.374 e. The summed E-state index contributed by atoms with van der Waals surface area (Å²) in [6.07, 6.45) is 29.2. The van der Waals surface area contributed by atoms with Gasteiger partial charge in [-0.2, -0.15) is 0 Å². The lowest BCUT2D eigenvalue weighted by molar-refractivity contribution is 0.141. The molecule has 0 saturated heterocycles.